The Bertz CT molecular complexity index is 1070. The van der Waals surface area contributed by atoms with Crippen LogP contribution in [0.1, 0.15) is 5.56 Å². The molecule has 0 unspecified atom stereocenters. The predicted molar refractivity (Wildman–Crippen MR) is 103 cm³/mol. The number of carbonyl (C=O) groups excluding carboxylic acids is 1. The molecule has 2 aromatic carbocycles. The van der Waals surface area contributed by atoms with Crippen LogP contribution in [0.15, 0.2) is 53.7 Å². The van der Waals surface area contributed by atoms with Gasteiger partial charge in [-0.3, -0.25) is 4.79 Å². The quantitative estimate of drug-likeness (QED) is 0.626. The average Bonchev–Trinajstić information content (AvgIpc) is 2.98. The van der Waals surface area contributed by atoms with Crippen molar-refractivity contribution >= 4 is 26.8 Å². The van der Waals surface area contributed by atoms with Crippen molar-refractivity contribution in [1.82, 2.24) is 14.9 Å². The monoisotopic (exact) mass is 387 g/mol. The summed E-state index contributed by atoms with van der Waals surface area (Å²) in [7, 11) is -3.56. The van der Waals surface area contributed by atoms with Crippen LogP contribution in [-0.4, -0.2) is 43.3 Å². The number of imidazole rings is 1. The van der Waals surface area contributed by atoms with Crippen LogP contribution in [0.2, 0.25) is 0 Å². The molecule has 0 aliphatic rings. The Morgan fingerprint density at radius 3 is 2.70 bits per heavy atom. The Hall–Kier alpha value is -2.87. The number of benzene rings is 2. The maximum atomic E-state index is 12.3. The number of hydrogen-bond acceptors (Lipinski definition) is 5. The normalized spacial score (nSPS) is 11.5. The molecule has 0 radical (unpaired) electrons. The molecule has 0 spiro atoms. The lowest BCUT2D eigenvalue weighted by Crippen LogP contribution is -2.31. The van der Waals surface area contributed by atoms with Crippen molar-refractivity contribution in [3.8, 4) is 5.75 Å². The molecular weight excluding hydrogens is 366 g/mol. The molecule has 0 saturated heterocycles. The van der Waals surface area contributed by atoms with Crippen LogP contribution in [0.25, 0.3) is 11.0 Å². The van der Waals surface area contributed by atoms with E-state index in [1.54, 1.807) is 24.3 Å². The molecule has 1 amide bonds. The first kappa shape index (κ1) is 18.9. The molecule has 142 valence electrons. The Balaban J connectivity index is 1.64. The molecule has 0 bridgehead atoms. The summed E-state index contributed by atoms with van der Waals surface area (Å²) in [6.07, 6.45) is 1.08. The van der Waals surface area contributed by atoms with Crippen molar-refractivity contribution in [3.63, 3.8) is 0 Å². The third kappa shape index (κ3) is 4.65. The van der Waals surface area contributed by atoms with E-state index >= 15 is 0 Å². The average molecular weight is 387 g/mol. The van der Waals surface area contributed by atoms with E-state index in [9.17, 15) is 13.2 Å². The van der Waals surface area contributed by atoms with Gasteiger partial charge in [0, 0.05) is 6.26 Å². The van der Waals surface area contributed by atoms with Gasteiger partial charge in [0.1, 0.15) is 18.9 Å². The third-order valence-corrected chi connectivity index (χ3v) is 4.91. The largest absolute Gasteiger partial charge is 0.492 e. The van der Waals surface area contributed by atoms with E-state index in [4.69, 9.17) is 4.74 Å². The predicted octanol–water partition coefficient (Wildman–Crippen LogP) is 1.94. The first-order valence-corrected chi connectivity index (χ1v) is 10.4. The highest BCUT2D eigenvalue weighted by Gasteiger charge is 2.20. The van der Waals surface area contributed by atoms with Crippen LogP contribution in [0.3, 0.4) is 0 Å². The van der Waals surface area contributed by atoms with E-state index in [-0.39, 0.29) is 17.6 Å². The lowest BCUT2D eigenvalue weighted by atomic mass is 10.2. The molecule has 0 aliphatic heterocycles. The zero-order valence-electron chi connectivity index (χ0n) is 15.2. The number of sulfone groups is 1. The molecule has 1 heterocycles. The highest BCUT2D eigenvalue weighted by molar-refractivity contribution is 7.90. The van der Waals surface area contributed by atoms with Gasteiger partial charge in [-0.2, -0.15) is 0 Å². The van der Waals surface area contributed by atoms with Crippen LogP contribution < -0.4 is 10.1 Å². The maximum Gasteiger partial charge on any atom is 0.240 e. The summed E-state index contributed by atoms with van der Waals surface area (Å²) in [5.41, 5.74) is 2.23. The zero-order chi connectivity index (χ0) is 19.4. The number of aryl methyl sites for hydroxylation is 1. The van der Waals surface area contributed by atoms with Gasteiger partial charge in [-0.05, 0) is 36.8 Å². The summed E-state index contributed by atoms with van der Waals surface area (Å²) in [5, 5.41) is 2.63. The molecule has 3 aromatic rings. The van der Waals surface area contributed by atoms with Crippen molar-refractivity contribution < 1.29 is 17.9 Å². The molecule has 0 saturated carbocycles. The number of rotatable bonds is 7. The van der Waals surface area contributed by atoms with Crippen LogP contribution in [0.5, 0.6) is 5.75 Å². The lowest BCUT2D eigenvalue weighted by molar-refractivity contribution is -0.121. The molecule has 0 atom stereocenters. The summed E-state index contributed by atoms with van der Waals surface area (Å²) < 4.78 is 31.0. The van der Waals surface area contributed by atoms with Crippen LogP contribution in [-0.2, 0) is 21.2 Å². The Labute approximate surface area is 157 Å². The summed E-state index contributed by atoms with van der Waals surface area (Å²) in [6.45, 7) is 2.48. The van der Waals surface area contributed by atoms with Crippen molar-refractivity contribution in [2.75, 3.05) is 19.4 Å². The number of nitrogens with one attached hydrogen (secondary N) is 1. The number of para-hydroxylation sites is 2. The zero-order valence-corrected chi connectivity index (χ0v) is 16.0. The highest BCUT2D eigenvalue weighted by atomic mass is 32.2. The van der Waals surface area contributed by atoms with Crippen molar-refractivity contribution in [2.24, 2.45) is 0 Å². The fourth-order valence-corrected chi connectivity index (χ4v) is 3.58. The molecular formula is C19H21N3O4S. The standard InChI is InChI=1S/C19H21N3O4S/c1-14-6-5-7-15(12-14)26-11-10-20-18(23)13-22-17-9-4-3-8-16(17)21-19(22)27(2,24)25/h3-9,12H,10-11,13H2,1-2H3,(H,20,23). The van der Waals surface area contributed by atoms with Gasteiger partial charge in [0.15, 0.2) is 0 Å². The topological polar surface area (TPSA) is 90.3 Å². The van der Waals surface area contributed by atoms with Gasteiger partial charge in [0.2, 0.25) is 20.9 Å². The summed E-state index contributed by atoms with van der Waals surface area (Å²) in [6, 6.07) is 14.7. The van der Waals surface area contributed by atoms with Gasteiger partial charge in [-0.25, -0.2) is 13.4 Å². The van der Waals surface area contributed by atoms with Crippen molar-refractivity contribution in [3.05, 3.63) is 54.1 Å². The van der Waals surface area contributed by atoms with E-state index < -0.39 is 9.84 Å². The van der Waals surface area contributed by atoms with Gasteiger partial charge < -0.3 is 14.6 Å². The second kappa shape index (κ2) is 7.79. The van der Waals surface area contributed by atoms with Crippen molar-refractivity contribution in [1.29, 1.82) is 0 Å². The first-order chi connectivity index (χ1) is 12.8. The number of nitrogens with zero attached hydrogens (tertiary/aromatic N) is 2. The van der Waals surface area contributed by atoms with Crippen LogP contribution >= 0.6 is 0 Å². The molecule has 0 aliphatic carbocycles. The second-order valence-electron chi connectivity index (χ2n) is 6.26. The maximum absolute atomic E-state index is 12.3. The SMILES string of the molecule is Cc1cccc(OCCNC(=O)Cn2c(S(C)(=O)=O)nc3ccccc32)c1. The summed E-state index contributed by atoms with van der Waals surface area (Å²) >= 11 is 0. The number of ether oxygens (including phenoxy) is 1. The second-order valence-corrected chi connectivity index (χ2v) is 8.17. The molecule has 7 nitrogen and oxygen atoms in total. The molecule has 0 fully saturated rings. The van der Waals surface area contributed by atoms with E-state index in [0.717, 1.165) is 17.6 Å². The minimum Gasteiger partial charge on any atom is -0.492 e. The van der Waals surface area contributed by atoms with Gasteiger partial charge in [0.25, 0.3) is 0 Å². The minimum atomic E-state index is -3.56. The highest BCUT2D eigenvalue weighted by Crippen LogP contribution is 2.19. The summed E-state index contributed by atoms with van der Waals surface area (Å²) in [5.74, 6) is 0.431. The molecule has 8 heteroatoms. The Morgan fingerprint density at radius 1 is 1.19 bits per heavy atom. The Kier molecular flexibility index (Phi) is 5.46. The van der Waals surface area contributed by atoms with Crippen molar-refractivity contribution in [2.45, 2.75) is 18.6 Å². The molecule has 1 aromatic heterocycles. The summed E-state index contributed by atoms with van der Waals surface area (Å²) in [4.78, 5) is 16.4. The van der Waals surface area contributed by atoms with Crippen LogP contribution in [0, 0.1) is 6.92 Å². The van der Waals surface area contributed by atoms with Crippen LogP contribution in [0.4, 0.5) is 0 Å². The lowest BCUT2D eigenvalue weighted by Gasteiger charge is -2.10. The third-order valence-electron chi connectivity index (χ3n) is 3.94. The smallest absolute Gasteiger partial charge is 0.240 e. The number of carbonyl (C=O) groups is 1. The fourth-order valence-electron chi connectivity index (χ4n) is 2.75. The fraction of sp³-hybridized carbons (Fsp3) is 0.263. The number of hydrogen-bond donors (Lipinski definition) is 1. The molecule has 3 rings (SSSR count). The van der Waals surface area contributed by atoms with E-state index in [2.05, 4.69) is 10.3 Å². The molecule has 1 N–H and O–H groups in total. The van der Waals surface area contributed by atoms with E-state index in [0.29, 0.717) is 24.2 Å². The van der Waals surface area contributed by atoms with E-state index in [1.165, 1.54) is 4.57 Å². The minimum absolute atomic E-state index is 0.116. The van der Waals surface area contributed by atoms with Gasteiger partial charge in [-0.15, -0.1) is 0 Å². The molecule has 27 heavy (non-hydrogen) atoms. The number of aromatic nitrogens is 2. The van der Waals surface area contributed by atoms with E-state index in [1.807, 2.05) is 31.2 Å². The number of fused-ring (bicyclic) bond motifs is 1. The number of amides is 1. The van der Waals surface area contributed by atoms with Gasteiger partial charge in [0.05, 0.1) is 17.6 Å². The first-order valence-electron chi connectivity index (χ1n) is 8.46. The van der Waals surface area contributed by atoms with Gasteiger partial charge in [-0.1, -0.05) is 24.3 Å². The Morgan fingerprint density at radius 2 is 1.96 bits per heavy atom. The van der Waals surface area contributed by atoms with Gasteiger partial charge >= 0.3 is 0 Å².